The second-order valence-electron chi connectivity index (χ2n) is 20.2. The number of ether oxygens (including phenoxy) is 2. The fourth-order valence-electron chi connectivity index (χ4n) is 10.1. The molecule has 0 aromatic heterocycles. The molecule has 0 aromatic carbocycles. The summed E-state index contributed by atoms with van der Waals surface area (Å²) in [7, 11) is 1.98. The van der Waals surface area contributed by atoms with Crippen LogP contribution >= 0.6 is 0 Å². The molecule has 3 aliphatic rings. The highest BCUT2D eigenvalue weighted by atomic mass is 28.4. The van der Waals surface area contributed by atoms with Crippen LogP contribution in [-0.4, -0.2) is 91.6 Å². The van der Waals surface area contributed by atoms with Crippen LogP contribution in [0.25, 0.3) is 0 Å². The minimum absolute atomic E-state index is 0.0122. The van der Waals surface area contributed by atoms with Gasteiger partial charge in [-0.05, 0) is 83.7 Å². The molecule has 2 saturated carbocycles. The summed E-state index contributed by atoms with van der Waals surface area (Å²) in [4.78, 5) is 16.9. The van der Waals surface area contributed by atoms with Crippen LogP contribution in [0.3, 0.4) is 0 Å². The Morgan fingerprint density at radius 3 is 1.83 bits per heavy atom. The van der Waals surface area contributed by atoms with Crippen molar-refractivity contribution >= 4 is 14.1 Å². The second-order valence-corrected chi connectivity index (χ2v) is 25.0. The Hall–Kier alpha value is -0.613. The lowest BCUT2D eigenvalue weighted by Gasteiger charge is -2.72. The van der Waals surface area contributed by atoms with Crippen molar-refractivity contribution in [3.8, 4) is 0 Å². The number of carbonyl (C=O) groups excluding carboxylic acids is 1. The highest BCUT2D eigenvalue weighted by Gasteiger charge is 2.81. The maximum Gasteiger partial charge on any atom is 0.192 e. The highest BCUT2D eigenvalue weighted by molar-refractivity contribution is 6.74. The average molecular weight is 750 g/mol. The average Bonchev–Trinajstić information content (AvgIpc) is 3.02. The summed E-state index contributed by atoms with van der Waals surface area (Å²) in [6, 6.07) is 0. The molecule has 1 heterocycles. The van der Waals surface area contributed by atoms with E-state index >= 15 is 0 Å². The summed E-state index contributed by atoms with van der Waals surface area (Å²) in [5, 5.41) is 25.8. The predicted octanol–water partition coefficient (Wildman–Crippen LogP) is 10.0. The summed E-state index contributed by atoms with van der Waals surface area (Å²) < 4.78 is 20.7. The van der Waals surface area contributed by atoms with Gasteiger partial charge in [0.25, 0.3) is 0 Å². The fourth-order valence-corrected chi connectivity index (χ4v) is 11.5. The van der Waals surface area contributed by atoms with E-state index in [1.165, 1.54) is 77.2 Å². The van der Waals surface area contributed by atoms with Crippen LogP contribution in [0, 0.1) is 16.7 Å². The molecule has 1 saturated heterocycles. The topological polar surface area (TPSA) is 88.5 Å². The molecular formula is C44H83NO6Si. The van der Waals surface area contributed by atoms with E-state index in [4.69, 9.17) is 13.9 Å². The lowest BCUT2D eigenvalue weighted by atomic mass is 9.40. The van der Waals surface area contributed by atoms with E-state index in [9.17, 15) is 15.0 Å². The second kappa shape index (κ2) is 18.1. The molecule has 0 unspecified atom stereocenters. The molecule has 2 N–H and O–H groups in total. The standard InChI is InChI=1S/C44H83NO6Si/c1-14-41(7)33-34(46)44(48)42(8)35(50-52(12,13)39(2,3)4)29-30-40(5,6)37(42)36(47)38(43(44,9)51-41)49-32-28-26-24-22-20-18-16-15-17-19-21-23-25-27-31-45(10)11/h14,35-38,47-48H,1,15-33H2,2-13H3/t35-,36-,37-,38-,41-,42-,43+,44-/m0/s1. The van der Waals surface area contributed by atoms with Crippen LogP contribution in [0.15, 0.2) is 12.7 Å². The van der Waals surface area contributed by atoms with E-state index in [0.717, 1.165) is 25.7 Å². The third-order valence-electron chi connectivity index (χ3n) is 14.2. The molecule has 8 heteroatoms. The van der Waals surface area contributed by atoms with E-state index in [0.29, 0.717) is 13.0 Å². The molecule has 0 radical (unpaired) electrons. The van der Waals surface area contributed by atoms with E-state index in [2.05, 4.69) is 73.3 Å². The summed E-state index contributed by atoms with van der Waals surface area (Å²) in [5.74, 6) is -0.714. The number of Topliss-reactive ketones (excluding diaryl/α,β-unsaturated/α-hetero) is 1. The van der Waals surface area contributed by atoms with Crippen molar-refractivity contribution in [2.75, 3.05) is 27.2 Å². The Morgan fingerprint density at radius 2 is 1.37 bits per heavy atom. The van der Waals surface area contributed by atoms with Crippen molar-refractivity contribution < 1.29 is 28.9 Å². The number of rotatable bonds is 21. The molecule has 52 heavy (non-hydrogen) atoms. The van der Waals surface area contributed by atoms with Gasteiger partial charge in [-0.3, -0.25) is 4.79 Å². The van der Waals surface area contributed by atoms with Gasteiger partial charge in [0.15, 0.2) is 19.7 Å². The van der Waals surface area contributed by atoms with Crippen LogP contribution in [-0.2, 0) is 18.7 Å². The van der Waals surface area contributed by atoms with Gasteiger partial charge in [0.1, 0.15) is 11.7 Å². The van der Waals surface area contributed by atoms with Crippen LogP contribution in [0.1, 0.15) is 165 Å². The van der Waals surface area contributed by atoms with Gasteiger partial charge < -0.3 is 29.0 Å². The highest BCUT2D eigenvalue weighted by Crippen LogP contribution is 2.68. The first kappa shape index (κ1) is 45.8. The number of aliphatic hydroxyl groups excluding tert-OH is 1. The Balaban J connectivity index is 1.64. The van der Waals surface area contributed by atoms with Gasteiger partial charge in [0.05, 0.1) is 17.8 Å². The van der Waals surface area contributed by atoms with E-state index in [1.807, 2.05) is 13.8 Å². The van der Waals surface area contributed by atoms with Crippen molar-refractivity contribution in [2.45, 2.75) is 218 Å². The van der Waals surface area contributed by atoms with E-state index in [-0.39, 0.29) is 22.7 Å². The maximum atomic E-state index is 14.6. The third kappa shape index (κ3) is 9.66. The predicted molar refractivity (Wildman–Crippen MR) is 218 cm³/mol. The first-order valence-electron chi connectivity index (χ1n) is 21.3. The smallest absolute Gasteiger partial charge is 0.192 e. The zero-order chi connectivity index (χ0) is 39.2. The number of nitrogens with zero attached hydrogens (tertiary/aromatic N) is 1. The van der Waals surface area contributed by atoms with Gasteiger partial charge in [0.2, 0.25) is 0 Å². The maximum absolute atomic E-state index is 14.6. The molecule has 0 amide bonds. The van der Waals surface area contributed by atoms with Crippen molar-refractivity contribution in [3.63, 3.8) is 0 Å². The molecule has 304 valence electrons. The third-order valence-corrected chi connectivity index (χ3v) is 18.7. The van der Waals surface area contributed by atoms with Crippen molar-refractivity contribution in [2.24, 2.45) is 16.7 Å². The number of ketones is 1. The SMILES string of the molecule is C=C[C@@]1(C)CC(=O)[C@]2(O)[C@@]3(C)[C@@H](O[Si](C)(C)C(C)(C)C)CCC(C)(C)[C@@H]3[C@H](O)[C@H](OCCCCCCCCCCCCCCCCN(C)C)[C@@]2(C)O1. The van der Waals surface area contributed by atoms with E-state index in [1.54, 1.807) is 13.0 Å². The molecule has 0 aromatic rings. The van der Waals surface area contributed by atoms with Crippen molar-refractivity contribution in [1.82, 2.24) is 4.90 Å². The van der Waals surface area contributed by atoms with Crippen molar-refractivity contribution in [3.05, 3.63) is 12.7 Å². The Kier molecular flexibility index (Phi) is 15.9. The molecule has 0 spiro atoms. The molecule has 2 aliphatic carbocycles. The number of hydrogen-bond donors (Lipinski definition) is 2. The van der Waals surface area contributed by atoms with Crippen LogP contribution in [0.4, 0.5) is 0 Å². The Morgan fingerprint density at radius 1 is 0.885 bits per heavy atom. The number of hydrogen-bond acceptors (Lipinski definition) is 7. The largest absolute Gasteiger partial charge is 0.413 e. The molecular weight excluding hydrogens is 667 g/mol. The van der Waals surface area contributed by atoms with Gasteiger partial charge >= 0.3 is 0 Å². The minimum atomic E-state index is -2.32. The van der Waals surface area contributed by atoms with Gasteiger partial charge in [0, 0.05) is 24.4 Å². The molecule has 3 fully saturated rings. The number of fused-ring (bicyclic) bond motifs is 3. The molecule has 7 nitrogen and oxygen atoms in total. The minimum Gasteiger partial charge on any atom is -0.413 e. The first-order valence-corrected chi connectivity index (χ1v) is 24.2. The normalized spacial score (nSPS) is 35.0. The van der Waals surface area contributed by atoms with Crippen LogP contribution in [0.2, 0.25) is 18.1 Å². The molecule has 1 aliphatic heterocycles. The number of unbranched alkanes of at least 4 members (excludes halogenated alkanes) is 13. The number of aliphatic hydroxyl groups is 2. The summed E-state index contributed by atoms with van der Waals surface area (Å²) in [5.41, 5.74) is -5.92. The summed E-state index contributed by atoms with van der Waals surface area (Å²) >= 11 is 0. The van der Waals surface area contributed by atoms with E-state index < -0.39 is 54.8 Å². The van der Waals surface area contributed by atoms with Crippen LogP contribution < -0.4 is 0 Å². The monoisotopic (exact) mass is 750 g/mol. The van der Waals surface area contributed by atoms with Crippen molar-refractivity contribution in [1.29, 1.82) is 0 Å². The lowest BCUT2D eigenvalue weighted by molar-refractivity contribution is -0.374. The molecule has 0 bridgehead atoms. The van der Waals surface area contributed by atoms with Gasteiger partial charge in [-0.25, -0.2) is 0 Å². The zero-order valence-corrected chi connectivity index (χ0v) is 37.0. The van der Waals surface area contributed by atoms with Gasteiger partial charge in [-0.15, -0.1) is 6.58 Å². The molecule has 8 atom stereocenters. The van der Waals surface area contributed by atoms with Crippen LogP contribution in [0.5, 0.6) is 0 Å². The van der Waals surface area contributed by atoms with Gasteiger partial charge in [-0.1, -0.05) is 125 Å². The number of carbonyl (C=O) groups is 1. The lowest BCUT2D eigenvalue weighted by Crippen LogP contribution is -2.87. The summed E-state index contributed by atoms with van der Waals surface area (Å²) in [6.45, 7) is 26.8. The molecule has 3 rings (SSSR count). The quantitative estimate of drug-likeness (QED) is 0.0686. The first-order chi connectivity index (χ1) is 24.0. The fraction of sp³-hybridized carbons (Fsp3) is 0.932. The Bertz CT molecular complexity index is 1150. The Labute approximate surface area is 321 Å². The zero-order valence-electron chi connectivity index (χ0n) is 36.0. The van der Waals surface area contributed by atoms with Gasteiger partial charge in [-0.2, -0.15) is 0 Å². The summed E-state index contributed by atoms with van der Waals surface area (Å²) in [6.07, 6.45) is 18.7.